The summed E-state index contributed by atoms with van der Waals surface area (Å²) < 4.78 is 37.8. The number of halogens is 3. The lowest BCUT2D eigenvalue weighted by atomic mass is 9.86. The van der Waals surface area contributed by atoms with Crippen LogP contribution in [0.2, 0.25) is 0 Å². The molecule has 0 saturated carbocycles. The van der Waals surface area contributed by atoms with Crippen LogP contribution in [0.15, 0.2) is 24.3 Å². The van der Waals surface area contributed by atoms with Gasteiger partial charge in [-0.05, 0) is 56.5 Å². The molecule has 1 aromatic rings. The number of likely N-dealkylation sites (tertiary alicyclic amines) is 1. The van der Waals surface area contributed by atoms with Gasteiger partial charge >= 0.3 is 6.18 Å². The van der Waals surface area contributed by atoms with E-state index < -0.39 is 17.3 Å². The highest BCUT2D eigenvalue weighted by atomic mass is 19.4. The maximum Gasteiger partial charge on any atom is 0.416 e. The second kappa shape index (κ2) is 6.36. The van der Waals surface area contributed by atoms with Crippen molar-refractivity contribution >= 4 is 0 Å². The molecule has 1 aromatic carbocycles. The highest BCUT2D eigenvalue weighted by Gasteiger charge is 2.34. The van der Waals surface area contributed by atoms with E-state index in [0.29, 0.717) is 18.4 Å². The smallest absolute Gasteiger partial charge is 0.385 e. The van der Waals surface area contributed by atoms with E-state index in [4.69, 9.17) is 0 Å². The first kappa shape index (κ1) is 16.3. The summed E-state index contributed by atoms with van der Waals surface area (Å²) in [6.07, 6.45) is -1.24. The maximum absolute atomic E-state index is 12.6. The summed E-state index contributed by atoms with van der Waals surface area (Å²) in [6.45, 7) is 4.85. The average Bonchev–Trinajstić information content (AvgIpc) is 2.62. The van der Waals surface area contributed by atoms with Gasteiger partial charge in [0.2, 0.25) is 0 Å². The second-order valence-corrected chi connectivity index (χ2v) is 5.80. The molecule has 1 heterocycles. The summed E-state index contributed by atoms with van der Waals surface area (Å²) in [7, 11) is 0. The Bertz CT molecular complexity index is 458. The minimum atomic E-state index is -4.33. The Balaban J connectivity index is 2.12. The number of aliphatic hydroxyl groups is 1. The summed E-state index contributed by atoms with van der Waals surface area (Å²) in [5, 5.41) is 10.8. The molecule has 1 atom stereocenters. The Morgan fingerprint density at radius 3 is 2.38 bits per heavy atom. The normalized spacial score (nSPS) is 24.8. The van der Waals surface area contributed by atoms with E-state index in [2.05, 4.69) is 11.8 Å². The molecule has 0 spiro atoms. The molecule has 1 unspecified atom stereocenters. The van der Waals surface area contributed by atoms with Crippen LogP contribution >= 0.6 is 0 Å². The molecule has 118 valence electrons. The molecular formula is C16H22F3NO. The van der Waals surface area contributed by atoms with Crippen molar-refractivity contribution in [2.24, 2.45) is 0 Å². The van der Waals surface area contributed by atoms with Crippen LogP contribution in [0.4, 0.5) is 13.2 Å². The van der Waals surface area contributed by atoms with Gasteiger partial charge in [0.15, 0.2) is 0 Å². The fourth-order valence-corrected chi connectivity index (χ4v) is 2.97. The van der Waals surface area contributed by atoms with E-state index in [-0.39, 0.29) is 0 Å². The van der Waals surface area contributed by atoms with Gasteiger partial charge in [0, 0.05) is 6.54 Å². The van der Waals surface area contributed by atoms with Gasteiger partial charge in [0.25, 0.3) is 0 Å². The number of nitrogens with zero attached hydrogens (tertiary/aromatic N) is 1. The highest BCUT2D eigenvalue weighted by molar-refractivity contribution is 5.29. The third kappa shape index (κ3) is 3.98. The molecule has 2 rings (SSSR count). The minimum Gasteiger partial charge on any atom is -0.385 e. The molecule has 1 saturated heterocycles. The topological polar surface area (TPSA) is 23.5 Å². The quantitative estimate of drug-likeness (QED) is 0.918. The highest BCUT2D eigenvalue weighted by Crippen LogP contribution is 2.35. The third-order valence-electron chi connectivity index (χ3n) is 4.20. The number of alkyl halides is 3. The average molecular weight is 301 g/mol. The zero-order valence-electron chi connectivity index (χ0n) is 12.3. The van der Waals surface area contributed by atoms with Crippen molar-refractivity contribution in [2.45, 2.75) is 44.4 Å². The number of hydrogen-bond donors (Lipinski definition) is 1. The number of benzene rings is 1. The predicted octanol–water partition coefficient (Wildman–Crippen LogP) is 3.79. The van der Waals surface area contributed by atoms with Gasteiger partial charge in [0.1, 0.15) is 0 Å². The molecule has 0 radical (unpaired) electrons. The zero-order chi connectivity index (χ0) is 15.5. The van der Waals surface area contributed by atoms with Gasteiger partial charge in [-0.1, -0.05) is 19.1 Å². The van der Waals surface area contributed by atoms with Crippen LogP contribution in [0.3, 0.4) is 0 Å². The van der Waals surface area contributed by atoms with Crippen molar-refractivity contribution in [3.05, 3.63) is 35.4 Å². The number of hydrogen-bond acceptors (Lipinski definition) is 2. The summed E-state index contributed by atoms with van der Waals surface area (Å²) >= 11 is 0. The van der Waals surface area contributed by atoms with Crippen LogP contribution < -0.4 is 0 Å². The van der Waals surface area contributed by atoms with Crippen LogP contribution in [0.1, 0.15) is 43.7 Å². The van der Waals surface area contributed by atoms with Gasteiger partial charge in [-0.2, -0.15) is 13.2 Å². The molecule has 0 amide bonds. The summed E-state index contributed by atoms with van der Waals surface area (Å²) in [5.74, 6) is 0. The van der Waals surface area contributed by atoms with Crippen molar-refractivity contribution in [3.63, 3.8) is 0 Å². The van der Waals surface area contributed by atoms with E-state index in [0.717, 1.165) is 44.6 Å². The Kier molecular flexibility index (Phi) is 4.94. The first-order valence-electron chi connectivity index (χ1n) is 7.47. The van der Waals surface area contributed by atoms with E-state index in [1.54, 1.807) is 0 Å². The third-order valence-corrected chi connectivity index (χ3v) is 4.20. The van der Waals surface area contributed by atoms with Crippen molar-refractivity contribution < 1.29 is 18.3 Å². The van der Waals surface area contributed by atoms with Crippen LogP contribution in [0.25, 0.3) is 0 Å². The fourth-order valence-electron chi connectivity index (χ4n) is 2.97. The zero-order valence-corrected chi connectivity index (χ0v) is 12.3. The van der Waals surface area contributed by atoms with Gasteiger partial charge in [0.05, 0.1) is 11.2 Å². The lowest BCUT2D eigenvalue weighted by Gasteiger charge is -2.28. The maximum atomic E-state index is 12.6. The van der Waals surface area contributed by atoms with Gasteiger partial charge in [-0.15, -0.1) is 0 Å². The fraction of sp³-hybridized carbons (Fsp3) is 0.625. The molecule has 2 nitrogen and oxygen atoms in total. The van der Waals surface area contributed by atoms with Gasteiger partial charge in [-0.3, -0.25) is 0 Å². The molecule has 1 N–H and O–H groups in total. The molecule has 0 aromatic heterocycles. The van der Waals surface area contributed by atoms with Crippen molar-refractivity contribution in [2.75, 3.05) is 19.6 Å². The molecule has 1 aliphatic rings. The van der Waals surface area contributed by atoms with Crippen LogP contribution in [-0.4, -0.2) is 29.6 Å². The molecule has 5 heteroatoms. The lowest BCUT2D eigenvalue weighted by molar-refractivity contribution is -0.137. The van der Waals surface area contributed by atoms with Crippen LogP contribution in [0, 0.1) is 0 Å². The molecule has 1 fully saturated rings. The lowest BCUT2D eigenvalue weighted by Crippen LogP contribution is -2.29. The second-order valence-electron chi connectivity index (χ2n) is 5.80. The van der Waals surface area contributed by atoms with E-state index in [9.17, 15) is 18.3 Å². The first-order chi connectivity index (χ1) is 9.85. The van der Waals surface area contributed by atoms with E-state index in [1.807, 2.05) is 0 Å². The Morgan fingerprint density at radius 2 is 1.81 bits per heavy atom. The van der Waals surface area contributed by atoms with E-state index >= 15 is 0 Å². The molecule has 21 heavy (non-hydrogen) atoms. The van der Waals surface area contributed by atoms with Crippen LogP contribution in [0.5, 0.6) is 0 Å². The standard InChI is InChI=1S/C16H22F3NO/c1-2-10-20-11-3-8-15(21,9-12-20)13-4-6-14(7-5-13)16(17,18)19/h4-7,21H,2-3,8-12H2,1H3. The first-order valence-corrected chi connectivity index (χ1v) is 7.47. The minimum absolute atomic E-state index is 0.568. The van der Waals surface area contributed by atoms with Crippen molar-refractivity contribution in [3.8, 4) is 0 Å². The Labute approximate surface area is 123 Å². The summed E-state index contributed by atoms with van der Waals surface area (Å²) in [6, 6.07) is 4.95. The van der Waals surface area contributed by atoms with E-state index in [1.165, 1.54) is 12.1 Å². The van der Waals surface area contributed by atoms with Crippen molar-refractivity contribution in [1.82, 2.24) is 4.90 Å². The SMILES string of the molecule is CCCN1CCCC(O)(c2ccc(C(F)(F)F)cc2)CC1. The summed E-state index contributed by atoms with van der Waals surface area (Å²) in [4.78, 5) is 2.31. The largest absolute Gasteiger partial charge is 0.416 e. The molecule has 0 aliphatic carbocycles. The monoisotopic (exact) mass is 301 g/mol. The Hall–Kier alpha value is -1.07. The molecule has 1 aliphatic heterocycles. The van der Waals surface area contributed by atoms with Gasteiger partial charge < -0.3 is 10.0 Å². The Morgan fingerprint density at radius 1 is 1.14 bits per heavy atom. The molecule has 0 bridgehead atoms. The van der Waals surface area contributed by atoms with Crippen LogP contribution in [-0.2, 0) is 11.8 Å². The predicted molar refractivity (Wildman–Crippen MR) is 75.9 cm³/mol. The molecular weight excluding hydrogens is 279 g/mol. The number of rotatable bonds is 3. The summed E-state index contributed by atoms with van der Waals surface area (Å²) in [5.41, 5.74) is -1.09. The van der Waals surface area contributed by atoms with Crippen molar-refractivity contribution in [1.29, 1.82) is 0 Å². The van der Waals surface area contributed by atoms with Gasteiger partial charge in [-0.25, -0.2) is 0 Å².